The van der Waals surface area contributed by atoms with E-state index >= 15 is 0 Å². The highest BCUT2D eigenvalue weighted by atomic mass is 35.5. The number of nitrogens with two attached hydrogens (primary N) is 1. The number of hydrogen-bond donors (Lipinski definition) is 2. The molecule has 2 unspecified atom stereocenters. The van der Waals surface area contributed by atoms with E-state index in [0.29, 0.717) is 12.8 Å². The summed E-state index contributed by atoms with van der Waals surface area (Å²) < 4.78 is 0. The van der Waals surface area contributed by atoms with Gasteiger partial charge in [0.25, 0.3) is 0 Å². The quantitative estimate of drug-likeness (QED) is 0.740. The van der Waals surface area contributed by atoms with Crippen LogP contribution < -0.4 is 5.73 Å². The topological polar surface area (TPSA) is 63.3 Å². The fraction of sp³-hybridized carbons (Fsp3) is 0.364. The Morgan fingerprint density at radius 2 is 2.00 bits per heavy atom. The maximum atomic E-state index is 10.7. The Kier molecular flexibility index (Phi) is 4.59. The molecule has 0 radical (unpaired) electrons. The highest BCUT2D eigenvalue weighted by Gasteiger charge is 2.21. The van der Waals surface area contributed by atoms with E-state index in [9.17, 15) is 9.90 Å². The molecule has 0 saturated carbocycles. The molecule has 1 amide bonds. The van der Waals surface area contributed by atoms with Gasteiger partial charge >= 0.3 is 0 Å². The summed E-state index contributed by atoms with van der Waals surface area (Å²) in [6.45, 7) is 0. The molecule has 3 nitrogen and oxygen atoms in total. The molecule has 0 aromatic heterocycles. The number of rotatable bonds is 5. The van der Waals surface area contributed by atoms with Crippen molar-refractivity contribution >= 4 is 17.5 Å². The Labute approximate surface area is 93.9 Å². The van der Waals surface area contributed by atoms with Crippen LogP contribution >= 0.6 is 11.6 Å². The zero-order valence-electron chi connectivity index (χ0n) is 8.27. The molecule has 0 bridgehead atoms. The summed E-state index contributed by atoms with van der Waals surface area (Å²) in [7, 11) is 0. The van der Waals surface area contributed by atoms with E-state index in [2.05, 4.69) is 0 Å². The highest BCUT2D eigenvalue weighted by Crippen LogP contribution is 2.10. The summed E-state index contributed by atoms with van der Waals surface area (Å²) in [5.41, 5.74) is 6.08. The molecule has 4 heteroatoms. The van der Waals surface area contributed by atoms with Gasteiger partial charge in [-0.25, -0.2) is 0 Å². The van der Waals surface area contributed by atoms with Crippen LogP contribution in [0.1, 0.15) is 12.0 Å². The number of aryl methyl sites for hydroxylation is 1. The van der Waals surface area contributed by atoms with Crippen LogP contribution in [0.5, 0.6) is 0 Å². The van der Waals surface area contributed by atoms with Crippen molar-refractivity contribution in [1.82, 2.24) is 0 Å². The molecular formula is C11H14ClNO2. The van der Waals surface area contributed by atoms with E-state index in [4.69, 9.17) is 17.3 Å². The summed E-state index contributed by atoms with van der Waals surface area (Å²) in [5.74, 6) is -0.683. The number of amides is 1. The number of benzene rings is 1. The summed E-state index contributed by atoms with van der Waals surface area (Å²) >= 11 is 5.61. The van der Waals surface area contributed by atoms with E-state index < -0.39 is 17.4 Å². The van der Waals surface area contributed by atoms with Gasteiger partial charge in [-0.1, -0.05) is 30.3 Å². The fourth-order valence-electron chi connectivity index (χ4n) is 1.30. The molecule has 0 aliphatic carbocycles. The summed E-state index contributed by atoms with van der Waals surface area (Å²) in [6, 6.07) is 9.69. The van der Waals surface area contributed by atoms with Crippen molar-refractivity contribution in [3.05, 3.63) is 35.9 Å². The smallest absolute Gasteiger partial charge is 0.238 e. The van der Waals surface area contributed by atoms with Crippen molar-refractivity contribution in [3.63, 3.8) is 0 Å². The third-order valence-electron chi connectivity index (χ3n) is 2.18. The zero-order chi connectivity index (χ0) is 11.3. The minimum atomic E-state index is -1.01. The molecule has 1 rings (SSSR count). The lowest BCUT2D eigenvalue weighted by atomic mass is 10.0. The van der Waals surface area contributed by atoms with Crippen molar-refractivity contribution < 1.29 is 9.90 Å². The van der Waals surface area contributed by atoms with Crippen LogP contribution in [0, 0.1) is 0 Å². The van der Waals surface area contributed by atoms with Crippen LogP contribution in [0.25, 0.3) is 0 Å². The molecule has 0 saturated heterocycles. The number of carbonyl (C=O) groups is 1. The monoisotopic (exact) mass is 227 g/mol. The van der Waals surface area contributed by atoms with Crippen LogP contribution in [0.15, 0.2) is 30.3 Å². The Morgan fingerprint density at radius 3 is 2.53 bits per heavy atom. The zero-order valence-corrected chi connectivity index (χ0v) is 9.02. The Bertz CT molecular complexity index is 316. The highest BCUT2D eigenvalue weighted by molar-refractivity contribution is 6.31. The van der Waals surface area contributed by atoms with Gasteiger partial charge in [-0.2, -0.15) is 0 Å². The predicted molar refractivity (Wildman–Crippen MR) is 59.6 cm³/mol. The fourth-order valence-corrected chi connectivity index (χ4v) is 1.42. The lowest BCUT2D eigenvalue weighted by Crippen LogP contribution is -2.34. The SMILES string of the molecule is NC(=O)C(Cl)C(O)CCc1ccccc1. The van der Waals surface area contributed by atoms with Gasteiger partial charge < -0.3 is 10.8 Å². The maximum absolute atomic E-state index is 10.7. The Hall–Kier alpha value is -1.06. The molecule has 0 fully saturated rings. The lowest BCUT2D eigenvalue weighted by Gasteiger charge is -2.13. The average Bonchev–Trinajstić information content (AvgIpc) is 2.26. The second-order valence-corrected chi connectivity index (χ2v) is 3.87. The van der Waals surface area contributed by atoms with Gasteiger partial charge in [0, 0.05) is 0 Å². The van der Waals surface area contributed by atoms with Crippen LogP contribution in [-0.4, -0.2) is 22.5 Å². The van der Waals surface area contributed by atoms with E-state index in [1.54, 1.807) is 0 Å². The van der Waals surface area contributed by atoms with E-state index in [-0.39, 0.29) is 0 Å². The van der Waals surface area contributed by atoms with Gasteiger partial charge in [-0.05, 0) is 18.4 Å². The van der Waals surface area contributed by atoms with Crippen molar-refractivity contribution in [2.75, 3.05) is 0 Å². The first kappa shape index (κ1) is 12.0. The first-order chi connectivity index (χ1) is 7.11. The lowest BCUT2D eigenvalue weighted by molar-refractivity contribution is -0.119. The average molecular weight is 228 g/mol. The first-order valence-corrected chi connectivity index (χ1v) is 5.20. The van der Waals surface area contributed by atoms with Crippen LogP contribution in [-0.2, 0) is 11.2 Å². The van der Waals surface area contributed by atoms with Crippen molar-refractivity contribution in [2.45, 2.75) is 24.3 Å². The van der Waals surface area contributed by atoms with Crippen molar-refractivity contribution in [3.8, 4) is 0 Å². The molecule has 1 aromatic rings. The third-order valence-corrected chi connectivity index (χ3v) is 2.69. The van der Waals surface area contributed by atoms with Gasteiger partial charge in [-0.3, -0.25) is 4.79 Å². The van der Waals surface area contributed by atoms with Gasteiger partial charge in [0.15, 0.2) is 0 Å². The number of halogens is 1. The molecule has 0 heterocycles. The predicted octanol–water partition coefficient (Wildman–Crippen LogP) is 1.07. The second-order valence-electron chi connectivity index (χ2n) is 3.40. The first-order valence-electron chi connectivity index (χ1n) is 4.76. The van der Waals surface area contributed by atoms with Gasteiger partial charge in [0.2, 0.25) is 5.91 Å². The molecule has 15 heavy (non-hydrogen) atoms. The Balaban J connectivity index is 2.41. The van der Waals surface area contributed by atoms with Crippen LogP contribution in [0.3, 0.4) is 0 Å². The number of hydrogen-bond acceptors (Lipinski definition) is 2. The molecule has 0 spiro atoms. The summed E-state index contributed by atoms with van der Waals surface area (Å²) in [6.07, 6.45) is 0.226. The molecule has 82 valence electrons. The van der Waals surface area contributed by atoms with Gasteiger partial charge in [0.1, 0.15) is 5.38 Å². The standard InChI is InChI=1S/C11H14ClNO2/c12-10(11(13)15)9(14)7-6-8-4-2-1-3-5-8/h1-5,9-10,14H,6-7H2,(H2,13,15). The normalized spacial score (nSPS) is 14.5. The minimum absolute atomic E-state index is 0.432. The minimum Gasteiger partial charge on any atom is -0.391 e. The number of primary amides is 1. The van der Waals surface area contributed by atoms with Gasteiger partial charge in [-0.15, -0.1) is 11.6 Å². The largest absolute Gasteiger partial charge is 0.391 e. The molecule has 0 aliphatic rings. The van der Waals surface area contributed by atoms with Crippen molar-refractivity contribution in [1.29, 1.82) is 0 Å². The van der Waals surface area contributed by atoms with E-state index in [1.165, 1.54) is 0 Å². The van der Waals surface area contributed by atoms with Crippen LogP contribution in [0.2, 0.25) is 0 Å². The number of aliphatic hydroxyl groups excluding tert-OH is 1. The number of aliphatic hydroxyl groups is 1. The maximum Gasteiger partial charge on any atom is 0.238 e. The number of alkyl halides is 1. The van der Waals surface area contributed by atoms with E-state index in [0.717, 1.165) is 5.56 Å². The molecule has 1 aromatic carbocycles. The molecular weight excluding hydrogens is 214 g/mol. The Morgan fingerprint density at radius 1 is 1.40 bits per heavy atom. The third kappa shape index (κ3) is 3.90. The second kappa shape index (κ2) is 5.73. The van der Waals surface area contributed by atoms with Gasteiger partial charge in [0.05, 0.1) is 6.10 Å². The van der Waals surface area contributed by atoms with Crippen molar-refractivity contribution in [2.24, 2.45) is 5.73 Å². The molecule has 3 N–H and O–H groups in total. The number of carbonyl (C=O) groups excluding carboxylic acids is 1. The van der Waals surface area contributed by atoms with Crippen LogP contribution in [0.4, 0.5) is 0 Å². The summed E-state index contributed by atoms with van der Waals surface area (Å²) in [5, 5.41) is 8.51. The summed E-state index contributed by atoms with van der Waals surface area (Å²) in [4.78, 5) is 10.7. The molecule has 2 atom stereocenters. The van der Waals surface area contributed by atoms with E-state index in [1.807, 2.05) is 30.3 Å². The molecule has 0 aliphatic heterocycles.